The Labute approximate surface area is 114 Å². The molecule has 2 N–H and O–H groups in total. The van der Waals surface area contributed by atoms with E-state index in [0.717, 1.165) is 5.56 Å². The summed E-state index contributed by atoms with van der Waals surface area (Å²) in [6.07, 6.45) is 0. The summed E-state index contributed by atoms with van der Waals surface area (Å²) in [6, 6.07) is 7.57. The molecule has 1 rings (SSSR count). The van der Waals surface area contributed by atoms with E-state index >= 15 is 0 Å². The minimum Gasteiger partial charge on any atom is -0.481 e. The number of hydrogen-bond acceptors (Lipinski definition) is 3. The molecule has 0 heterocycles. The maximum atomic E-state index is 11.4. The highest BCUT2D eigenvalue weighted by atomic mass is 16.4. The van der Waals surface area contributed by atoms with Gasteiger partial charge in [0.15, 0.2) is 0 Å². The Morgan fingerprint density at radius 2 is 1.89 bits per heavy atom. The van der Waals surface area contributed by atoms with Crippen molar-refractivity contribution in [3.8, 4) is 6.07 Å². The average molecular weight is 260 g/mol. The largest absolute Gasteiger partial charge is 0.481 e. The van der Waals surface area contributed by atoms with Gasteiger partial charge < -0.3 is 10.4 Å². The van der Waals surface area contributed by atoms with E-state index in [1.807, 2.05) is 32.9 Å². The Kier molecular flexibility index (Phi) is 3.90. The number of carboxylic acids is 1. The molecular formula is C15H20N2O2. The van der Waals surface area contributed by atoms with Crippen molar-refractivity contribution >= 4 is 11.7 Å². The first-order valence-electron chi connectivity index (χ1n) is 6.14. The minimum atomic E-state index is -0.969. The number of rotatable bonds is 4. The van der Waals surface area contributed by atoms with Gasteiger partial charge in [-0.05, 0) is 52.3 Å². The molecule has 0 saturated heterocycles. The summed E-state index contributed by atoms with van der Waals surface area (Å²) in [5, 5.41) is 21.6. The number of nitrogens with one attached hydrogen (secondary N) is 1. The second kappa shape index (κ2) is 4.93. The van der Waals surface area contributed by atoms with Crippen LogP contribution in [0.3, 0.4) is 0 Å². The van der Waals surface area contributed by atoms with E-state index in [1.165, 1.54) is 0 Å². The van der Waals surface area contributed by atoms with Gasteiger partial charge >= 0.3 is 5.97 Å². The maximum Gasteiger partial charge on any atom is 0.311 e. The highest BCUT2D eigenvalue weighted by molar-refractivity contribution is 5.77. The molecule has 0 amide bonds. The van der Waals surface area contributed by atoms with Crippen molar-refractivity contribution in [2.24, 2.45) is 5.41 Å². The van der Waals surface area contributed by atoms with Crippen LogP contribution in [0.1, 0.15) is 38.8 Å². The summed E-state index contributed by atoms with van der Waals surface area (Å²) in [6.45, 7) is 8.92. The lowest BCUT2D eigenvalue weighted by Gasteiger charge is -2.40. The lowest BCUT2D eigenvalue weighted by molar-refractivity contribution is -0.149. The first-order valence-corrected chi connectivity index (χ1v) is 6.14. The number of nitrogens with zero attached hydrogens (tertiary/aromatic N) is 1. The zero-order valence-electron chi connectivity index (χ0n) is 12.0. The van der Waals surface area contributed by atoms with E-state index in [4.69, 9.17) is 5.26 Å². The molecule has 0 aliphatic carbocycles. The molecule has 0 saturated carbocycles. The molecular weight excluding hydrogens is 240 g/mol. The lowest BCUT2D eigenvalue weighted by Crippen LogP contribution is -2.50. The van der Waals surface area contributed by atoms with E-state index in [9.17, 15) is 9.90 Å². The van der Waals surface area contributed by atoms with Gasteiger partial charge in [0.25, 0.3) is 0 Å². The summed E-state index contributed by atoms with van der Waals surface area (Å²) in [5.41, 5.74) is 0.536. The molecule has 0 aromatic heterocycles. The van der Waals surface area contributed by atoms with Gasteiger partial charge in [-0.1, -0.05) is 6.07 Å². The predicted octanol–water partition coefficient (Wildman–Crippen LogP) is 3.17. The summed E-state index contributed by atoms with van der Waals surface area (Å²) in [4.78, 5) is 11.4. The van der Waals surface area contributed by atoms with Crippen LogP contribution in [0.2, 0.25) is 0 Å². The Morgan fingerprint density at radius 3 is 2.37 bits per heavy atom. The van der Waals surface area contributed by atoms with E-state index in [2.05, 4.69) is 11.4 Å². The van der Waals surface area contributed by atoms with Crippen molar-refractivity contribution in [3.05, 3.63) is 29.3 Å². The Balaban J connectivity index is 3.19. The van der Waals surface area contributed by atoms with Crippen LogP contribution in [-0.2, 0) is 4.79 Å². The van der Waals surface area contributed by atoms with Gasteiger partial charge in [-0.3, -0.25) is 4.79 Å². The number of hydrogen-bond donors (Lipinski definition) is 2. The van der Waals surface area contributed by atoms with Crippen molar-refractivity contribution < 1.29 is 9.90 Å². The number of carbonyl (C=O) groups is 1. The van der Waals surface area contributed by atoms with Gasteiger partial charge in [0.05, 0.1) is 16.7 Å². The van der Waals surface area contributed by atoms with Crippen LogP contribution < -0.4 is 5.32 Å². The third-order valence-corrected chi connectivity index (χ3v) is 3.84. The number of carboxylic acid groups (broad SMARTS) is 1. The highest BCUT2D eigenvalue weighted by Gasteiger charge is 2.43. The molecule has 19 heavy (non-hydrogen) atoms. The van der Waals surface area contributed by atoms with Gasteiger partial charge in [0.1, 0.15) is 6.07 Å². The average Bonchev–Trinajstić information content (AvgIpc) is 2.28. The molecule has 4 heteroatoms. The molecule has 0 atom stereocenters. The van der Waals surface area contributed by atoms with Crippen molar-refractivity contribution in [1.29, 1.82) is 5.26 Å². The first kappa shape index (κ1) is 15.0. The molecule has 0 bridgehead atoms. The number of benzene rings is 1. The summed E-state index contributed by atoms with van der Waals surface area (Å²) >= 11 is 0. The van der Waals surface area contributed by atoms with Crippen molar-refractivity contribution in [2.45, 2.75) is 40.2 Å². The zero-order valence-corrected chi connectivity index (χ0v) is 12.0. The molecule has 0 aliphatic heterocycles. The van der Waals surface area contributed by atoms with Crippen molar-refractivity contribution in [3.63, 3.8) is 0 Å². The standard InChI is InChI=1S/C15H20N2O2/c1-10-6-7-11(9-16)12(8-10)17-15(4,5)14(2,3)13(18)19/h6-8,17H,1-5H3,(H,18,19). The van der Waals surface area contributed by atoms with Gasteiger partial charge in [-0.25, -0.2) is 0 Å². The highest BCUT2D eigenvalue weighted by Crippen LogP contribution is 2.35. The topological polar surface area (TPSA) is 73.1 Å². The maximum absolute atomic E-state index is 11.4. The fraction of sp³-hybridized carbons (Fsp3) is 0.467. The van der Waals surface area contributed by atoms with Gasteiger partial charge in [0, 0.05) is 5.54 Å². The molecule has 0 aliphatic rings. The van der Waals surface area contributed by atoms with E-state index in [0.29, 0.717) is 11.3 Å². The Hall–Kier alpha value is -2.02. The van der Waals surface area contributed by atoms with Crippen LogP contribution in [-0.4, -0.2) is 16.6 Å². The second-order valence-electron chi connectivity index (χ2n) is 5.84. The number of anilines is 1. The fourth-order valence-corrected chi connectivity index (χ4v) is 1.62. The molecule has 0 radical (unpaired) electrons. The third kappa shape index (κ3) is 2.87. The SMILES string of the molecule is Cc1ccc(C#N)c(NC(C)(C)C(C)(C)C(=O)O)c1. The van der Waals surface area contributed by atoms with Gasteiger partial charge in [-0.15, -0.1) is 0 Å². The number of aryl methyl sites for hydroxylation is 1. The minimum absolute atomic E-state index is 0.514. The molecule has 4 nitrogen and oxygen atoms in total. The van der Waals surface area contributed by atoms with E-state index in [-0.39, 0.29) is 0 Å². The van der Waals surface area contributed by atoms with Crippen molar-refractivity contribution in [1.82, 2.24) is 0 Å². The summed E-state index contributed by atoms with van der Waals surface area (Å²) in [7, 11) is 0. The summed E-state index contributed by atoms with van der Waals surface area (Å²) < 4.78 is 0. The van der Waals surface area contributed by atoms with E-state index in [1.54, 1.807) is 19.9 Å². The summed E-state index contributed by atoms with van der Waals surface area (Å²) in [5.74, 6) is -0.879. The molecule has 0 fully saturated rings. The quantitative estimate of drug-likeness (QED) is 0.872. The molecule has 1 aromatic carbocycles. The normalized spacial score (nSPS) is 11.8. The first-order chi connectivity index (χ1) is 8.61. The van der Waals surface area contributed by atoms with Crippen LogP contribution >= 0.6 is 0 Å². The van der Waals surface area contributed by atoms with Crippen LogP contribution in [0.25, 0.3) is 0 Å². The van der Waals surface area contributed by atoms with Crippen LogP contribution in [0.5, 0.6) is 0 Å². The molecule has 1 aromatic rings. The predicted molar refractivity (Wildman–Crippen MR) is 75.0 cm³/mol. The monoisotopic (exact) mass is 260 g/mol. The fourth-order valence-electron chi connectivity index (χ4n) is 1.62. The smallest absolute Gasteiger partial charge is 0.311 e. The Morgan fingerprint density at radius 1 is 1.32 bits per heavy atom. The van der Waals surface area contributed by atoms with Gasteiger partial charge in [-0.2, -0.15) is 5.26 Å². The second-order valence-corrected chi connectivity index (χ2v) is 5.84. The third-order valence-electron chi connectivity index (χ3n) is 3.84. The molecule has 0 spiro atoms. The van der Waals surface area contributed by atoms with Crippen LogP contribution in [0.4, 0.5) is 5.69 Å². The van der Waals surface area contributed by atoms with Gasteiger partial charge in [0.2, 0.25) is 0 Å². The van der Waals surface area contributed by atoms with Crippen molar-refractivity contribution in [2.75, 3.05) is 5.32 Å². The Bertz CT molecular complexity index is 540. The van der Waals surface area contributed by atoms with Crippen LogP contribution in [0, 0.1) is 23.7 Å². The lowest BCUT2D eigenvalue weighted by atomic mass is 9.74. The van der Waals surface area contributed by atoms with Crippen LogP contribution in [0.15, 0.2) is 18.2 Å². The molecule has 0 unspecified atom stereocenters. The zero-order chi connectivity index (χ0) is 14.8. The molecule has 102 valence electrons. The number of aliphatic carboxylic acids is 1. The number of nitriles is 1. The van der Waals surface area contributed by atoms with E-state index < -0.39 is 16.9 Å².